The molecule has 3 aromatic rings. The van der Waals surface area contributed by atoms with E-state index in [1.165, 1.54) is 16.6 Å². The SMILES string of the molecule is O=C(Nc1cccc(S(=O)(=O)N2CCCCCC2)c1)c1cnc2ccccc2n1. The van der Waals surface area contributed by atoms with Gasteiger partial charge in [0.15, 0.2) is 0 Å². The Labute approximate surface area is 169 Å². The number of para-hydroxylation sites is 2. The molecule has 1 amide bonds. The van der Waals surface area contributed by atoms with Gasteiger partial charge in [0.05, 0.1) is 22.1 Å². The molecule has 0 unspecified atom stereocenters. The Morgan fingerprint density at radius 3 is 2.41 bits per heavy atom. The van der Waals surface area contributed by atoms with Crippen molar-refractivity contribution >= 4 is 32.7 Å². The minimum atomic E-state index is -3.58. The molecular formula is C21H22N4O3S. The van der Waals surface area contributed by atoms with Crippen molar-refractivity contribution in [2.75, 3.05) is 18.4 Å². The molecule has 0 aliphatic carbocycles. The number of hydrogen-bond donors (Lipinski definition) is 1. The van der Waals surface area contributed by atoms with E-state index < -0.39 is 15.9 Å². The molecule has 1 N–H and O–H groups in total. The third kappa shape index (κ3) is 4.28. The predicted octanol–water partition coefficient (Wildman–Crippen LogP) is 3.45. The summed E-state index contributed by atoms with van der Waals surface area (Å²) < 4.78 is 27.5. The van der Waals surface area contributed by atoms with E-state index in [9.17, 15) is 13.2 Å². The van der Waals surface area contributed by atoms with Crippen molar-refractivity contribution < 1.29 is 13.2 Å². The van der Waals surface area contributed by atoms with Crippen molar-refractivity contribution in [1.82, 2.24) is 14.3 Å². The predicted molar refractivity (Wildman–Crippen MR) is 111 cm³/mol. The van der Waals surface area contributed by atoms with Gasteiger partial charge in [-0.15, -0.1) is 0 Å². The summed E-state index contributed by atoms with van der Waals surface area (Å²) in [7, 11) is -3.58. The Morgan fingerprint density at radius 1 is 0.931 bits per heavy atom. The lowest BCUT2D eigenvalue weighted by molar-refractivity contribution is 0.102. The van der Waals surface area contributed by atoms with E-state index in [-0.39, 0.29) is 10.6 Å². The lowest BCUT2D eigenvalue weighted by Crippen LogP contribution is -2.32. The van der Waals surface area contributed by atoms with Crippen LogP contribution < -0.4 is 5.32 Å². The molecule has 1 aliphatic heterocycles. The van der Waals surface area contributed by atoms with Crippen LogP contribution in [0.1, 0.15) is 36.2 Å². The molecule has 0 atom stereocenters. The number of amides is 1. The van der Waals surface area contributed by atoms with Gasteiger partial charge in [0.1, 0.15) is 5.69 Å². The number of carbonyl (C=O) groups excluding carboxylic acids is 1. The fraction of sp³-hybridized carbons (Fsp3) is 0.286. The van der Waals surface area contributed by atoms with Crippen molar-refractivity contribution in [3.05, 3.63) is 60.4 Å². The Bertz CT molecular complexity index is 1140. The Kier molecular flexibility index (Phi) is 5.55. The summed E-state index contributed by atoms with van der Waals surface area (Å²) >= 11 is 0. The van der Waals surface area contributed by atoms with Crippen LogP contribution in [0.25, 0.3) is 11.0 Å². The molecular weight excluding hydrogens is 388 g/mol. The highest BCUT2D eigenvalue weighted by Crippen LogP contribution is 2.23. The van der Waals surface area contributed by atoms with Gasteiger partial charge in [-0.2, -0.15) is 4.31 Å². The van der Waals surface area contributed by atoms with Crippen molar-refractivity contribution in [3.8, 4) is 0 Å². The minimum Gasteiger partial charge on any atom is -0.321 e. The number of aromatic nitrogens is 2. The molecule has 0 radical (unpaired) electrons. The van der Waals surface area contributed by atoms with Gasteiger partial charge < -0.3 is 5.32 Å². The first kappa shape index (κ1) is 19.5. The van der Waals surface area contributed by atoms with Crippen molar-refractivity contribution in [1.29, 1.82) is 0 Å². The first-order chi connectivity index (χ1) is 14.0. The van der Waals surface area contributed by atoms with Gasteiger partial charge in [-0.05, 0) is 43.2 Å². The molecule has 1 saturated heterocycles. The van der Waals surface area contributed by atoms with Gasteiger partial charge in [0.2, 0.25) is 10.0 Å². The van der Waals surface area contributed by atoms with Crippen LogP contribution in [0.2, 0.25) is 0 Å². The number of nitrogens with one attached hydrogen (secondary N) is 1. The smallest absolute Gasteiger partial charge is 0.275 e. The molecule has 2 aromatic carbocycles. The third-order valence-corrected chi connectivity index (χ3v) is 6.87. The lowest BCUT2D eigenvalue weighted by Gasteiger charge is -2.20. The maximum Gasteiger partial charge on any atom is 0.275 e. The molecule has 1 aromatic heterocycles. The number of fused-ring (bicyclic) bond motifs is 1. The second kappa shape index (κ2) is 8.26. The van der Waals surface area contributed by atoms with Crippen LogP contribution in [0.4, 0.5) is 5.69 Å². The Hall–Kier alpha value is -2.84. The Balaban J connectivity index is 1.55. The van der Waals surface area contributed by atoms with Gasteiger partial charge in [-0.25, -0.2) is 13.4 Å². The maximum atomic E-state index is 13.0. The standard InChI is InChI=1S/C21H22N4O3S/c26-21(20-15-22-18-10-3-4-11-19(18)24-20)23-16-8-7-9-17(14-16)29(27,28)25-12-5-1-2-6-13-25/h3-4,7-11,14-15H,1-2,5-6,12-13H2,(H,23,26). The molecule has 4 rings (SSSR count). The van der Waals surface area contributed by atoms with Crippen LogP contribution in [0.5, 0.6) is 0 Å². The van der Waals surface area contributed by atoms with Crippen molar-refractivity contribution in [2.24, 2.45) is 0 Å². The largest absolute Gasteiger partial charge is 0.321 e. The number of anilines is 1. The highest BCUT2D eigenvalue weighted by molar-refractivity contribution is 7.89. The summed E-state index contributed by atoms with van der Waals surface area (Å²) in [6.07, 6.45) is 5.26. The fourth-order valence-corrected chi connectivity index (χ4v) is 4.99. The number of benzene rings is 2. The number of nitrogens with zero attached hydrogens (tertiary/aromatic N) is 3. The monoisotopic (exact) mass is 410 g/mol. The number of carbonyl (C=O) groups is 1. The molecule has 1 aliphatic rings. The number of sulfonamides is 1. The average Bonchev–Trinajstić information content (AvgIpc) is 3.04. The number of rotatable bonds is 4. The van der Waals surface area contributed by atoms with Crippen LogP contribution in [0.15, 0.2) is 59.6 Å². The van der Waals surface area contributed by atoms with Crippen LogP contribution in [-0.2, 0) is 10.0 Å². The van der Waals surface area contributed by atoms with E-state index in [1.807, 2.05) is 18.2 Å². The molecule has 1 fully saturated rings. The van der Waals surface area contributed by atoms with Crippen LogP contribution in [-0.4, -0.2) is 41.7 Å². The second-order valence-electron chi connectivity index (χ2n) is 7.04. The molecule has 0 spiro atoms. The molecule has 8 heteroatoms. The van der Waals surface area contributed by atoms with Crippen LogP contribution >= 0.6 is 0 Å². The zero-order valence-electron chi connectivity index (χ0n) is 15.9. The minimum absolute atomic E-state index is 0.171. The highest BCUT2D eigenvalue weighted by atomic mass is 32.2. The van der Waals surface area contributed by atoms with Crippen molar-refractivity contribution in [3.63, 3.8) is 0 Å². The highest BCUT2D eigenvalue weighted by Gasteiger charge is 2.25. The summed E-state index contributed by atoms with van der Waals surface area (Å²) in [6, 6.07) is 13.6. The molecule has 2 heterocycles. The van der Waals surface area contributed by atoms with E-state index >= 15 is 0 Å². The second-order valence-corrected chi connectivity index (χ2v) is 8.98. The summed E-state index contributed by atoms with van der Waals surface area (Å²) in [5.41, 5.74) is 1.90. The van der Waals surface area contributed by atoms with Gasteiger partial charge in [-0.1, -0.05) is 31.0 Å². The normalized spacial score (nSPS) is 15.7. The van der Waals surface area contributed by atoms with Crippen LogP contribution in [0, 0.1) is 0 Å². The van der Waals surface area contributed by atoms with Gasteiger partial charge in [-0.3, -0.25) is 9.78 Å². The molecule has 0 saturated carbocycles. The summed E-state index contributed by atoms with van der Waals surface area (Å²) in [4.78, 5) is 21.3. The molecule has 0 bridgehead atoms. The van der Waals surface area contributed by atoms with E-state index in [0.29, 0.717) is 29.8 Å². The van der Waals surface area contributed by atoms with Crippen LogP contribution in [0.3, 0.4) is 0 Å². The maximum absolute atomic E-state index is 13.0. The zero-order valence-corrected chi connectivity index (χ0v) is 16.7. The quantitative estimate of drug-likeness (QED) is 0.711. The first-order valence-corrected chi connectivity index (χ1v) is 11.1. The van der Waals surface area contributed by atoms with E-state index in [0.717, 1.165) is 25.7 Å². The van der Waals surface area contributed by atoms with Gasteiger partial charge >= 0.3 is 0 Å². The fourth-order valence-electron chi connectivity index (χ4n) is 3.43. The lowest BCUT2D eigenvalue weighted by atomic mass is 10.2. The summed E-state index contributed by atoms with van der Waals surface area (Å²) in [6.45, 7) is 1.07. The van der Waals surface area contributed by atoms with Gasteiger partial charge in [0, 0.05) is 18.8 Å². The summed E-state index contributed by atoms with van der Waals surface area (Å²) in [5, 5.41) is 2.73. The third-order valence-electron chi connectivity index (χ3n) is 4.98. The van der Waals surface area contributed by atoms with E-state index in [4.69, 9.17) is 0 Å². The topological polar surface area (TPSA) is 92.3 Å². The molecule has 150 valence electrons. The van der Waals surface area contributed by atoms with E-state index in [1.54, 1.807) is 24.3 Å². The van der Waals surface area contributed by atoms with Crippen molar-refractivity contribution in [2.45, 2.75) is 30.6 Å². The molecule has 29 heavy (non-hydrogen) atoms. The number of hydrogen-bond acceptors (Lipinski definition) is 5. The first-order valence-electron chi connectivity index (χ1n) is 9.67. The zero-order chi connectivity index (χ0) is 20.3. The average molecular weight is 410 g/mol. The molecule has 7 nitrogen and oxygen atoms in total. The van der Waals surface area contributed by atoms with E-state index in [2.05, 4.69) is 15.3 Å². The van der Waals surface area contributed by atoms with Gasteiger partial charge in [0.25, 0.3) is 5.91 Å². The Morgan fingerprint density at radius 2 is 1.66 bits per heavy atom. The summed E-state index contributed by atoms with van der Waals surface area (Å²) in [5.74, 6) is -0.437.